The molecule has 1 aliphatic heterocycles. The number of amides is 2. The van der Waals surface area contributed by atoms with Crippen LogP contribution in [0.3, 0.4) is 0 Å². The van der Waals surface area contributed by atoms with Gasteiger partial charge in [-0.05, 0) is 35.9 Å². The van der Waals surface area contributed by atoms with E-state index in [0.717, 1.165) is 16.2 Å². The summed E-state index contributed by atoms with van der Waals surface area (Å²) in [5.41, 5.74) is 2.49. The normalized spacial score (nSPS) is 12.9. The van der Waals surface area contributed by atoms with Crippen molar-refractivity contribution in [3.63, 3.8) is 0 Å². The Labute approximate surface area is 161 Å². The van der Waals surface area contributed by atoms with E-state index in [1.54, 1.807) is 35.1 Å². The van der Waals surface area contributed by atoms with E-state index >= 15 is 0 Å². The first-order valence-electron chi connectivity index (χ1n) is 8.83. The molecule has 0 atom stereocenters. The average Bonchev–Trinajstić information content (AvgIpc) is 3.34. The van der Waals surface area contributed by atoms with Gasteiger partial charge in [0.1, 0.15) is 6.61 Å². The lowest BCUT2D eigenvalue weighted by atomic mass is 10.1. The number of hydrogen-bond acceptors (Lipinski definition) is 5. The lowest BCUT2D eigenvalue weighted by Crippen LogP contribution is -2.32. The van der Waals surface area contributed by atoms with Gasteiger partial charge in [-0.1, -0.05) is 24.3 Å². The van der Waals surface area contributed by atoms with Crippen LogP contribution in [-0.2, 0) is 16.1 Å². The molecule has 1 aromatic heterocycles. The smallest absolute Gasteiger partial charge is 0.307 e. The molecule has 0 aliphatic carbocycles. The Hall–Kier alpha value is -3.74. The van der Waals surface area contributed by atoms with Crippen LogP contribution in [0, 0.1) is 0 Å². The summed E-state index contributed by atoms with van der Waals surface area (Å²) in [6, 6.07) is 16.0. The third-order valence-corrected chi connectivity index (χ3v) is 4.52. The van der Waals surface area contributed by atoms with Crippen molar-refractivity contribution >= 4 is 17.8 Å². The van der Waals surface area contributed by atoms with E-state index in [2.05, 4.69) is 5.10 Å². The van der Waals surface area contributed by atoms with E-state index in [9.17, 15) is 14.4 Å². The predicted molar refractivity (Wildman–Crippen MR) is 99.8 cm³/mol. The summed E-state index contributed by atoms with van der Waals surface area (Å²) < 4.78 is 6.99. The summed E-state index contributed by atoms with van der Waals surface area (Å²) >= 11 is 0. The summed E-state index contributed by atoms with van der Waals surface area (Å²) in [4.78, 5) is 37.7. The number of fused-ring (bicyclic) bond motifs is 1. The number of ether oxygens (including phenoxy) is 1. The van der Waals surface area contributed by atoms with Gasteiger partial charge in [0.05, 0.1) is 23.2 Å². The molecule has 0 radical (unpaired) electrons. The van der Waals surface area contributed by atoms with Crippen LogP contribution in [0.5, 0.6) is 0 Å². The van der Waals surface area contributed by atoms with Crippen LogP contribution in [0.4, 0.5) is 0 Å². The molecule has 3 aromatic rings. The third kappa shape index (κ3) is 3.42. The summed E-state index contributed by atoms with van der Waals surface area (Å²) in [7, 11) is 0. The van der Waals surface area contributed by atoms with Crippen molar-refractivity contribution in [2.75, 3.05) is 6.54 Å². The van der Waals surface area contributed by atoms with Gasteiger partial charge in [0.15, 0.2) is 0 Å². The molecule has 0 bridgehead atoms. The Balaban J connectivity index is 1.29. The quantitative estimate of drug-likeness (QED) is 0.489. The van der Waals surface area contributed by atoms with E-state index in [1.807, 2.05) is 36.5 Å². The molecule has 0 saturated heterocycles. The van der Waals surface area contributed by atoms with Crippen LogP contribution in [-0.4, -0.2) is 39.0 Å². The first-order valence-corrected chi connectivity index (χ1v) is 8.83. The van der Waals surface area contributed by atoms with E-state index in [0.29, 0.717) is 11.1 Å². The second-order valence-electron chi connectivity index (χ2n) is 6.34. The van der Waals surface area contributed by atoms with Crippen LogP contribution in [0.2, 0.25) is 0 Å². The molecule has 2 heterocycles. The molecule has 1 aliphatic rings. The second kappa shape index (κ2) is 7.48. The number of esters is 1. The highest BCUT2D eigenvalue weighted by Gasteiger charge is 2.35. The third-order valence-electron chi connectivity index (χ3n) is 4.52. The maximum absolute atomic E-state index is 12.3. The highest BCUT2D eigenvalue weighted by Crippen LogP contribution is 2.22. The van der Waals surface area contributed by atoms with Crippen LogP contribution in [0.1, 0.15) is 32.7 Å². The predicted octanol–water partition coefficient (Wildman–Crippen LogP) is 2.60. The van der Waals surface area contributed by atoms with Crippen molar-refractivity contribution in [1.82, 2.24) is 14.7 Å². The van der Waals surface area contributed by atoms with Gasteiger partial charge in [0.2, 0.25) is 0 Å². The highest BCUT2D eigenvalue weighted by atomic mass is 16.5. The average molecular weight is 375 g/mol. The van der Waals surface area contributed by atoms with Crippen molar-refractivity contribution < 1.29 is 19.1 Å². The number of carbonyl (C=O) groups is 3. The van der Waals surface area contributed by atoms with E-state index in [1.165, 1.54) is 0 Å². The Morgan fingerprint density at radius 2 is 1.61 bits per heavy atom. The number of imide groups is 1. The number of carbonyl (C=O) groups excluding carboxylic acids is 3. The van der Waals surface area contributed by atoms with Crippen LogP contribution in [0.15, 0.2) is 67.0 Å². The minimum atomic E-state index is -0.465. The minimum Gasteiger partial charge on any atom is -0.461 e. The fourth-order valence-electron chi connectivity index (χ4n) is 3.05. The second-order valence-corrected chi connectivity index (χ2v) is 6.34. The lowest BCUT2D eigenvalue weighted by molar-refractivity contribution is -0.145. The van der Waals surface area contributed by atoms with Gasteiger partial charge in [0.25, 0.3) is 11.8 Å². The summed E-state index contributed by atoms with van der Waals surface area (Å²) in [5, 5.41) is 4.15. The Bertz CT molecular complexity index is 991. The van der Waals surface area contributed by atoms with E-state index in [4.69, 9.17) is 4.74 Å². The van der Waals surface area contributed by atoms with Crippen LogP contribution in [0.25, 0.3) is 5.69 Å². The maximum atomic E-state index is 12.3. The van der Waals surface area contributed by atoms with E-state index < -0.39 is 5.97 Å². The molecule has 2 aromatic carbocycles. The van der Waals surface area contributed by atoms with Gasteiger partial charge < -0.3 is 4.74 Å². The highest BCUT2D eigenvalue weighted by molar-refractivity contribution is 6.21. The Kier molecular flexibility index (Phi) is 4.72. The van der Waals surface area contributed by atoms with Crippen molar-refractivity contribution in [1.29, 1.82) is 0 Å². The largest absolute Gasteiger partial charge is 0.461 e. The SMILES string of the molecule is O=C(CCN1C(=O)c2ccccc2C1=O)OCc1ccc(-n2cccn2)cc1. The summed E-state index contributed by atoms with van der Waals surface area (Å²) in [6.45, 7) is 0.129. The number of hydrogen-bond donors (Lipinski definition) is 0. The maximum Gasteiger partial charge on any atom is 0.307 e. The molecule has 7 heteroatoms. The van der Waals surface area contributed by atoms with Gasteiger partial charge in [-0.2, -0.15) is 5.10 Å². The molecule has 0 spiro atoms. The first kappa shape index (κ1) is 17.7. The molecular weight excluding hydrogens is 358 g/mol. The molecule has 0 fully saturated rings. The van der Waals surface area contributed by atoms with Crippen molar-refractivity contribution in [2.24, 2.45) is 0 Å². The molecular formula is C21H17N3O4. The molecule has 4 rings (SSSR count). The van der Waals surface area contributed by atoms with Crippen LogP contribution < -0.4 is 0 Å². The standard InChI is InChI=1S/C21H17N3O4/c25-19(10-13-23-20(26)17-4-1-2-5-18(17)21(23)27)28-14-15-6-8-16(9-7-15)24-12-3-11-22-24/h1-9,11-12H,10,13-14H2. The Morgan fingerprint density at radius 3 is 2.21 bits per heavy atom. The monoisotopic (exact) mass is 375 g/mol. The van der Waals surface area contributed by atoms with Gasteiger partial charge in [-0.15, -0.1) is 0 Å². The molecule has 28 heavy (non-hydrogen) atoms. The lowest BCUT2D eigenvalue weighted by Gasteiger charge is -2.13. The first-order chi connectivity index (χ1) is 13.6. The minimum absolute atomic E-state index is 0.00339. The van der Waals surface area contributed by atoms with Gasteiger partial charge >= 0.3 is 5.97 Å². The summed E-state index contributed by atoms with van der Waals surface area (Å²) in [6.07, 6.45) is 3.50. The summed E-state index contributed by atoms with van der Waals surface area (Å²) in [5.74, 6) is -1.21. The molecule has 0 saturated carbocycles. The number of aromatic nitrogens is 2. The number of nitrogens with zero attached hydrogens (tertiary/aromatic N) is 3. The zero-order chi connectivity index (χ0) is 19.5. The molecule has 0 unspecified atom stereocenters. The van der Waals surface area contributed by atoms with Crippen molar-refractivity contribution in [2.45, 2.75) is 13.0 Å². The number of rotatable bonds is 6. The van der Waals surface area contributed by atoms with E-state index in [-0.39, 0.29) is 31.4 Å². The van der Waals surface area contributed by atoms with Gasteiger partial charge in [-0.25, -0.2) is 4.68 Å². The molecule has 2 amide bonds. The Morgan fingerprint density at radius 1 is 0.929 bits per heavy atom. The molecule has 0 N–H and O–H groups in total. The van der Waals surface area contributed by atoms with Crippen molar-refractivity contribution in [3.05, 3.63) is 83.7 Å². The van der Waals surface area contributed by atoms with Gasteiger partial charge in [-0.3, -0.25) is 19.3 Å². The topological polar surface area (TPSA) is 81.5 Å². The fraction of sp³-hybridized carbons (Fsp3) is 0.143. The van der Waals surface area contributed by atoms with Crippen molar-refractivity contribution in [3.8, 4) is 5.69 Å². The fourth-order valence-corrected chi connectivity index (χ4v) is 3.05. The number of benzene rings is 2. The zero-order valence-corrected chi connectivity index (χ0v) is 14.9. The molecule has 140 valence electrons. The van der Waals surface area contributed by atoms with Crippen LogP contribution >= 0.6 is 0 Å². The molecule has 7 nitrogen and oxygen atoms in total. The van der Waals surface area contributed by atoms with Gasteiger partial charge in [0, 0.05) is 18.9 Å². The zero-order valence-electron chi connectivity index (χ0n) is 14.9.